The predicted octanol–water partition coefficient (Wildman–Crippen LogP) is 2.69. The summed E-state index contributed by atoms with van der Waals surface area (Å²) in [5, 5.41) is 8.69. The van der Waals surface area contributed by atoms with Crippen LogP contribution < -0.4 is 10.6 Å². The van der Waals surface area contributed by atoms with Gasteiger partial charge in [-0.1, -0.05) is 6.92 Å². The molecule has 0 saturated carbocycles. The molecule has 1 aliphatic rings. The zero-order chi connectivity index (χ0) is 13.8. The highest BCUT2D eigenvalue weighted by molar-refractivity contribution is 7.13. The molecule has 1 aromatic rings. The Hall–Kier alpha value is -1.14. The van der Waals surface area contributed by atoms with Crippen LogP contribution >= 0.6 is 11.3 Å². The second-order valence-electron chi connectivity index (χ2n) is 5.19. The predicted molar refractivity (Wildman–Crippen MR) is 78.6 cm³/mol. The molecule has 6 heteroatoms. The van der Waals surface area contributed by atoms with E-state index in [1.165, 1.54) is 11.3 Å². The monoisotopic (exact) mass is 282 g/mol. The number of aromatic nitrogens is 1. The third-order valence-electron chi connectivity index (χ3n) is 3.68. The van der Waals surface area contributed by atoms with Gasteiger partial charge < -0.3 is 10.2 Å². The van der Waals surface area contributed by atoms with Crippen LogP contribution in [0.2, 0.25) is 0 Å². The van der Waals surface area contributed by atoms with Gasteiger partial charge in [-0.15, -0.1) is 11.3 Å². The number of urea groups is 1. The van der Waals surface area contributed by atoms with Gasteiger partial charge in [-0.05, 0) is 32.7 Å². The average molecular weight is 282 g/mol. The molecule has 19 heavy (non-hydrogen) atoms. The Balaban J connectivity index is 1.90. The summed E-state index contributed by atoms with van der Waals surface area (Å²) >= 11 is 1.48. The van der Waals surface area contributed by atoms with Crippen LogP contribution in [0.15, 0.2) is 5.38 Å². The van der Waals surface area contributed by atoms with Gasteiger partial charge >= 0.3 is 6.03 Å². The molecule has 0 spiro atoms. The van der Waals surface area contributed by atoms with Gasteiger partial charge in [0, 0.05) is 24.5 Å². The van der Waals surface area contributed by atoms with E-state index in [1.807, 2.05) is 24.3 Å². The number of carbonyl (C=O) groups excluding carboxylic acids is 1. The highest BCUT2D eigenvalue weighted by Crippen LogP contribution is 2.22. The van der Waals surface area contributed by atoms with Gasteiger partial charge in [0.2, 0.25) is 0 Å². The molecule has 1 atom stereocenters. The molecule has 5 nitrogen and oxygen atoms in total. The van der Waals surface area contributed by atoms with Crippen molar-refractivity contribution in [2.24, 2.45) is 5.92 Å². The number of likely N-dealkylation sites (tertiary alicyclic amines) is 1. The number of anilines is 1. The van der Waals surface area contributed by atoms with E-state index < -0.39 is 0 Å². The van der Waals surface area contributed by atoms with E-state index in [4.69, 9.17) is 0 Å². The Morgan fingerprint density at radius 3 is 2.84 bits per heavy atom. The lowest BCUT2D eigenvalue weighted by molar-refractivity contribution is 0.186. The molecule has 2 amide bonds. The number of rotatable bonds is 3. The van der Waals surface area contributed by atoms with Crippen molar-refractivity contribution >= 4 is 22.5 Å². The summed E-state index contributed by atoms with van der Waals surface area (Å²) in [4.78, 5) is 18.4. The summed E-state index contributed by atoms with van der Waals surface area (Å²) in [6, 6.07) is 0.183. The molecular weight excluding hydrogens is 260 g/mol. The standard InChI is InChI=1S/C13H22N4OS/c1-9-4-6-17(7-5-9)13(18)16-12-15-11(8-19-12)10(2)14-3/h8-10,14H,4-7H2,1-3H3,(H,15,16,18). The number of carbonyl (C=O) groups is 1. The SMILES string of the molecule is CNC(C)c1csc(NC(=O)N2CCC(C)CC2)n1. The van der Waals surface area contributed by atoms with E-state index in [1.54, 1.807) is 0 Å². The van der Waals surface area contributed by atoms with Crippen molar-refractivity contribution in [3.63, 3.8) is 0 Å². The lowest BCUT2D eigenvalue weighted by Crippen LogP contribution is -2.40. The first-order chi connectivity index (χ1) is 9.10. The Morgan fingerprint density at radius 1 is 1.53 bits per heavy atom. The van der Waals surface area contributed by atoms with Crippen LogP contribution in [-0.2, 0) is 0 Å². The molecule has 0 aliphatic carbocycles. The van der Waals surface area contributed by atoms with Gasteiger partial charge in [-0.2, -0.15) is 0 Å². The zero-order valence-electron chi connectivity index (χ0n) is 11.8. The van der Waals surface area contributed by atoms with E-state index in [0.29, 0.717) is 5.13 Å². The lowest BCUT2D eigenvalue weighted by Gasteiger charge is -2.29. The highest BCUT2D eigenvalue weighted by Gasteiger charge is 2.21. The van der Waals surface area contributed by atoms with E-state index in [9.17, 15) is 4.79 Å². The van der Waals surface area contributed by atoms with Crippen LogP contribution in [0.3, 0.4) is 0 Å². The number of amides is 2. The number of thiazole rings is 1. The van der Waals surface area contributed by atoms with Crippen molar-refractivity contribution in [1.29, 1.82) is 0 Å². The summed E-state index contributed by atoms with van der Waals surface area (Å²) in [5.41, 5.74) is 0.968. The Morgan fingerprint density at radius 2 is 2.21 bits per heavy atom. The molecule has 0 radical (unpaired) electrons. The molecule has 1 aromatic heterocycles. The van der Waals surface area contributed by atoms with Gasteiger partial charge in [-0.3, -0.25) is 5.32 Å². The van der Waals surface area contributed by atoms with Gasteiger partial charge in [0.25, 0.3) is 0 Å². The van der Waals surface area contributed by atoms with E-state index in [-0.39, 0.29) is 12.1 Å². The van der Waals surface area contributed by atoms with Crippen molar-refractivity contribution in [3.05, 3.63) is 11.1 Å². The largest absolute Gasteiger partial charge is 0.324 e. The molecule has 0 aromatic carbocycles. The van der Waals surface area contributed by atoms with Crippen LogP contribution in [-0.4, -0.2) is 36.1 Å². The van der Waals surface area contributed by atoms with Crippen molar-refractivity contribution in [2.75, 3.05) is 25.5 Å². The molecule has 2 N–H and O–H groups in total. The summed E-state index contributed by atoms with van der Waals surface area (Å²) in [6.45, 7) is 5.98. The molecule has 106 valence electrons. The summed E-state index contributed by atoms with van der Waals surface area (Å²) in [5.74, 6) is 0.729. The minimum Gasteiger partial charge on any atom is -0.324 e. The van der Waals surface area contributed by atoms with Crippen LogP contribution in [0.25, 0.3) is 0 Å². The molecule has 1 aliphatic heterocycles. The smallest absolute Gasteiger partial charge is 0.323 e. The number of nitrogens with zero attached hydrogens (tertiary/aromatic N) is 2. The van der Waals surface area contributed by atoms with Crippen LogP contribution in [0.5, 0.6) is 0 Å². The molecule has 2 heterocycles. The highest BCUT2D eigenvalue weighted by atomic mass is 32.1. The molecule has 1 unspecified atom stereocenters. The fraction of sp³-hybridized carbons (Fsp3) is 0.692. The number of piperidine rings is 1. The summed E-state index contributed by atoms with van der Waals surface area (Å²) in [6.07, 6.45) is 2.18. The topological polar surface area (TPSA) is 57.3 Å². The number of hydrogen-bond acceptors (Lipinski definition) is 4. The summed E-state index contributed by atoms with van der Waals surface area (Å²) < 4.78 is 0. The lowest BCUT2D eigenvalue weighted by atomic mass is 10.00. The molecule has 0 bridgehead atoms. The van der Waals surface area contributed by atoms with Crippen LogP contribution in [0, 0.1) is 5.92 Å². The third-order valence-corrected chi connectivity index (χ3v) is 4.46. The first-order valence-electron chi connectivity index (χ1n) is 6.78. The molecular formula is C13H22N4OS. The average Bonchev–Trinajstić information content (AvgIpc) is 2.87. The summed E-state index contributed by atoms with van der Waals surface area (Å²) in [7, 11) is 1.90. The second kappa shape index (κ2) is 6.34. The Labute approximate surface area is 118 Å². The van der Waals surface area contributed by atoms with Crippen LogP contribution in [0.4, 0.5) is 9.93 Å². The van der Waals surface area contributed by atoms with E-state index >= 15 is 0 Å². The number of hydrogen-bond donors (Lipinski definition) is 2. The van der Waals surface area contributed by atoms with Gasteiger partial charge in [0.1, 0.15) is 0 Å². The fourth-order valence-electron chi connectivity index (χ4n) is 2.07. The first kappa shape index (κ1) is 14.3. The minimum absolute atomic E-state index is 0.0232. The second-order valence-corrected chi connectivity index (χ2v) is 6.05. The van der Waals surface area contributed by atoms with Gasteiger partial charge in [0.05, 0.1) is 5.69 Å². The van der Waals surface area contributed by atoms with Crippen LogP contribution in [0.1, 0.15) is 38.4 Å². The number of nitrogens with one attached hydrogen (secondary N) is 2. The zero-order valence-corrected chi connectivity index (χ0v) is 12.6. The van der Waals surface area contributed by atoms with Crippen molar-refractivity contribution in [3.8, 4) is 0 Å². The first-order valence-corrected chi connectivity index (χ1v) is 7.66. The Kier molecular flexibility index (Phi) is 4.76. The van der Waals surface area contributed by atoms with Gasteiger partial charge in [0.15, 0.2) is 5.13 Å². The Bertz CT molecular complexity index is 426. The van der Waals surface area contributed by atoms with Crippen molar-refractivity contribution in [2.45, 2.75) is 32.7 Å². The third kappa shape index (κ3) is 3.67. The maximum atomic E-state index is 12.1. The quantitative estimate of drug-likeness (QED) is 0.896. The molecule has 1 saturated heterocycles. The molecule has 2 rings (SSSR count). The fourth-order valence-corrected chi connectivity index (χ4v) is 2.87. The van der Waals surface area contributed by atoms with Gasteiger partial charge in [-0.25, -0.2) is 9.78 Å². The van der Waals surface area contributed by atoms with E-state index in [2.05, 4.69) is 22.5 Å². The maximum absolute atomic E-state index is 12.1. The van der Waals surface area contributed by atoms with E-state index in [0.717, 1.165) is 37.5 Å². The normalized spacial score (nSPS) is 18.4. The molecule has 1 fully saturated rings. The minimum atomic E-state index is -0.0232. The van der Waals surface area contributed by atoms with Crippen molar-refractivity contribution < 1.29 is 4.79 Å². The van der Waals surface area contributed by atoms with Crippen molar-refractivity contribution in [1.82, 2.24) is 15.2 Å². The maximum Gasteiger partial charge on any atom is 0.323 e.